The van der Waals surface area contributed by atoms with Crippen molar-refractivity contribution in [2.75, 3.05) is 53.1 Å². The number of rotatable bonds is 15. The van der Waals surface area contributed by atoms with Gasteiger partial charge in [0.2, 0.25) is 0 Å². The normalized spacial score (nSPS) is 12.0. The number of hydrogen-bond donors (Lipinski definition) is 2. The van der Waals surface area contributed by atoms with Gasteiger partial charge in [0, 0.05) is 45.4 Å². The topological polar surface area (TPSA) is 58.1 Å². The Balaban J connectivity index is 0. The van der Waals surface area contributed by atoms with Crippen LogP contribution in [0.2, 0.25) is 0 Å². The summed E-state index contributed by atoms with van der Waals surface area (Å²) in [6.45, 7) is 16.8. The molecule has 2 N–H and O–H groups in total. The molecule has 0 aliphatic rings. The standard InChI is InChI=1S/C19H42N4O2.HI/c1-7-8-13-24-15-16-25-14-11-22-19(20-6)21-10-9-12-23(17(2)3)18(4)5;/h17-18H,7-16H2,1-6H3,(H2,20,21,22);1H. The van der Waals surface area contributed by atoms with Crippen LogP contribution >= 0.6 is 24.0 Å². The highest BCUT2D eigenvalue weighted by Gasteiger charge is 2.12. The number of halogens is 1. The summed E-state index contributed by atoms with van der Waals surface area (Å²) < 4.78 is 11.0. The van der Waals surface area contributed by atoms with Crippen LogP contribution in [0.25, 0.3) is 0 Å². The van der Waals surface area contributed by atoms with Crippen LogP contribution in [-0.4, -0.2) is 76.1 Å². The third-order valence-corrected chi connectivity index (χ3v) is 3.99. The van der Waals surface area contributed by atoms with E-state index in [2.05, 4.69) is 55.1 Å². The molecule has 0 fully saturated rings. The van der Waals surface area contributed by atoms with E-state index in [9.17, 15) is 0 Å². The SMILES string of the molecule is CCCCOCCOCCNC(=NC)NCCCN(C(C)C)C(C)C.I. The fourth-order valence-corrected chi connectivity index (χ4v) is 2.61. The number of nitrogens with zero attached hydrogens (tertiary/aromatic N) is 2. The van der Waals surface area contributed by atoms with E-state index in [4.69, 9.17) is 9.47 Å². The van der Waals surface area contributed by atoms with Crippen LogP contribution in [-0.2, 0) is 9.47 Å². The van der Waals surface area contributed by atoms with Crippen molar-refractivity contribution in [1.29, 1.82) is 0 Å². The number of nitrogens with one attached hydrogen (secondary N) is 2. The highest BCUT2D eigenvalue weighted by atomic mass is 127. The number of ether oxygens (including phenoxy) is 2. The predicted octanol–water partition coefficient (Wildman–Crippen LogP) is 3.11. The van der Waals surface area contributed by atoms with Gasteiger partial charge in [-0.1, -0.05) is 13.3 Å². The molecule has 0 spiro atoms. The third-order valence-electron chi connectivity index (χ3n) is 3.99. The van der Waals surface area contributed by atoms with Gasteiger partial charge in [0.25, 0.3) is 0 Å². The molecule has 0 rings (SSSR count). The maximum absolute atomic E-state index is 5.54. The molecule has 0 aromatic heterocycles. The molecule has 26 heavy (non-hydrogen) atoms. The highest BCUT2D eigenvalue weighted by molar-refractivity contribution is 14.0. The summed E-state index contributed by atoms with van der Waals surface area (Å²) in [5.41, 5.74) is 0. The van der Waals surface area contributed by atoms with Crippen molar-refractivity contribution in [3.63, 3.8) is 0 Å². The lowest BCUT2D eigenvalue weighted by atomic mass is 10.2. The largest absolute Gasteiger partial charge is 0.379 e. The Morgan fingerprint density at radius 3 is 2.00 bits per heavy atom. The molecule has 0 aliphatic carbocycles. The lowest BCUT2D eigenvalue weighted by Gasteiger charge is -2.30. The molecular weight excluding hydrogens is 443 g/mol. The first kappa shape index (κ1) is 28.1. The average molecular weight is 486 g/mol. The van der Waals surface area contributed by atoms with Gasteiger partial charge >= 0.3 is 0 Å². The Hall–Kier alpha value is -0.120. The van der Waals surface area contributed by atoms with Crippen LogP contribution in [0.4, 0.5) is 0 Å². The van der Waals surface area contributed by atoms with Gasteiger partial charge in [-0.05, 0) is 40.5 Å². The van der Waals surface area contributed by atoms with Gasteiger partial charge in [0.05, 0.1) is 19.8 Å². The summed E-state index contributed by atoms with van der Waals surface area (Å²) in [5.74, 6) is 0.837. The van der Waals surface area contributed by atoms with Gasteiger partial charge in [-0.15, -0.1) is 24.0 Å². The first-order valence-corrected chi connectivity index (χ1v) is 9.88. The Bertz CT molecular complexity index is 321. The first-order chi connectivity index (χ1) is 12.0. The summed E-state index contributed by atoms with van der Waals surface area (Å²) in [7, 11) is 1.80. The second kappa shape index (κ2) is 19.6. The Kier molecular flexibility index (Phi) is 21.2. The Labute approximate surface area is 178 Å². The van der Waals surface area contributed by atoms with Crippen LogP contribution in [0.3, 0.4) is 0 Å². The van der Waals surface area contributed by atoms with Crippen LogP contribution in [0.15, 0.2) is 4.99 Å². The molecule has 0 saturated carbocycles. The second-order valence-electron chi connectivity index (χ2n) is 6.78. The van der Waals surface area contributed by atoms with Gasteiger partial charge in [-0.3, -0.25) is 9.89 Å². The predicted molar refractivity (Wildman–Crippen MR) is 123 cm³/mol. The van der Waals surface area contributed by atoms with Crippen molar-refractivity contribution < 1.29 is 9.47 Å². The van der Waals surface area contributed by atoms with E-state index >= 15 is 0 Å². The molecule has 0 amide bonds. The van der Waals surface area contributed by atoms with E-state index < -0.39 is 0 Å². The first-order valence-electron chi connectivity index (χ1n) is 9.88. The van der Waals surface area contributed by atoms with E-state index in [-0.39, 0.29) is 24.0 Å². The summed E-state index contributed by atoms with van der Waals surface area (Å²) in [6.07, 6.45) is 3.39. The quantitative estimate of drug-likeness (QED) is 0.161. The van der Waals surface area contributed by atoms with E-state index in [0.29, 0.717) is 31.9 Å². The van der Waals surface area contributed by atoms with Crippen molar-refractivity contribution in [2.45, 2.75) is 66.0 Å². The maximum Gasteiger partial charge on any atom is 0.191 e. The molecule has 158 valence electrons. The smallest absolute Gasteiger partial charge is 0.191 e. The lowest BCUT2D eigenvalue weighted by molar-refractivity contribution is 0.0487. The van der Waals surface area contributed by atoms with Crippen molar-refractivity contribution in [3.8, 4) is 0 Å². The molecule has 0 bridgehead atoms. The molecule has 0 atom stereocenters. The minimum Gasteiger partial charge on any atom is -0.379 e. The van der Waals surface area contributed by atoms with E-state index in [1.165, 1.54) is 6.42 Å². The van der Waals surface area contributed by atoms with Crippen molar-refractivity contribution in [1.82, 2.24) is 15.5 Å². The number of aliphatic imine (C=N–C) groups is 1. The maximum atomic E-state index is 5.54. The summed E-state index contributed by atoms with van der Waals surface area (Å²) >= 11 is 0. The van der Waals surface area contributed by atoms with Gasteiger partial charge < -0.3 is 20.1 Å². The fraction of sp³-hybridized carbons (Fsp3) is 0.947. The van der Waals surface area contributed by atoms with Crippen molar-refractivity contribution in [3.05, 3.63) is 0 Å². The van der Waals surface area contributed by atoms with Gasteiger partial charge in [0.15, 0.2) is 5.96 Å². The van der Waals surface area contributed by atoms with Crippen LogP contribution in [0, 0.1) is 0 Å². The van der Waals surface area contributed by atoms with Gasteiger partial charge in [-0.25, -0.2) is 0 Å². The third kappa shape index (κ3) is 16.1. The molecule has 0 aromatic carbocycles. The highest BCUT2D eigenvalue weighted by Crippen LogP contribution is 2.05. The number of unbranched alkanes of at least 4 members (excludes halogenated alkanes) is 1. The minimum absolute atomic E-state index is 0. The lowest BCUT2D eigenvalue weighted by Crippen LogP contribution is -2.42. The molecule has 0 heterocycles. The minimum atomic E-state index is 0. The van der Waals surface area contributed by atoms with Crippen molar-refractivity contribution in [2.24, 2.45) is 4.99 Å². The molecule has 0 aromatic rings. The molecule has 0 unspecified atom stereocenters. The van der Waals surface area contributed by atoms with Crippen molar-refractivity contribution >= 4 is 29.9 Å². The second-order valence-corrected chi connectivity index (χ2v) is 6.78. The monoisotopic (exact) mass is 486 g/mol. The van der Waals surface area contributed by atoms with E-state index in [1.54, 1.807) is 7.05 Å². The zero-order chi connectivity index (χ0) is 18.9. The molecule has 0 aliphatic heterocycles. The molecule has 0 radical (unpaired) electrons. The fourth-order valence-electron chi connectivity index (χ4n) is 2.61. The number of hydrogen-bond acceptors (Lipinski definition) is 4. The summed E-state index contributed by atoms with van der Waals surface area (Å²) in [5, 5.41) is 6.63. The molecule has 7 heteroatoms. The molecule has 0 saturated heterocycles. The number of guanidine groups is 1. The Morgan fingerprint density at radius 1 is 0.885 bits per heavy atom. The van der Waals surface area contributed by atoms with E-state index in [1.807, 2.05) is 0 Å². The average Bonchev–Trinajstić information content (AvgIpc) is 2.57. The van der Waals surface area contributed by atoms with E-state index in [0.717, 1.165) is 45.0 Å². The van der Waals surface area contributed by atoms with Crippen LogP contribution in [0.5, 0.6) is 0 Å². The van der Waals surface area contributed by atoms with Gasteiger partial charge in [0.1, 0.15) is 0 Å². The summed E-state index contributed by atoms with van der Waals surface area (Å²) in [6, 6.07) is 1.17. The van der Waals surface area contributed by atoms with Gasteiger partial charge in [-0.2, -0.15) is 0 Å². The summed E-state index contributed by atoms with van der Waals surface area (Å²) in [4.78, 5) is 6.75. The molecule has 6 nitrogen and oxygen atoms in total. The zero-order valence-corrected chi connectivity index (χ0v) is 20.2. The molecular formula is C19H43IN4O2. The van der Waals surface area contributed by atoms with Crippen LogP contribution in [0.1, 0.15) is 53.9 Å². The Morgan fingerprint density at radius 2 is 1.46 bits per heavy atom. The zero-order valence-electron chi connectivity index (χ0n) is 17.8. The van der Waals surface area contributed by atoms with Crippen LogP contribution < -0.4 is 10.6 Å².